The van der Waals surface area contributed by atoms with E-state index in [9.17, 15) is 4.79 Å². The van der Waals surface area contributed by atoms with E-state index in [4.69, 9.17) is 0 Å². The summed E-state index contributed by atoms with van der Waals surface area (Å²) in [6.45, 7) is 4.07. The van der Waals surface area contributed by atoms with Crippen molar-refractivity contribution < 1.29 is 4.79 Å². The normalized spacial score (nSPS) is 14.2. The van der Waals surface area contributed by atoms with Gasteiger partial charge in [0.25, 0.3) is 0 Å². The fraction of sp³-hybridized carbons (Fsp3) is 0.462. The number of hydrogen-bond acceptors (Lipinski definition) is 1. The summed E-state index contributed by atoms with van der Waals surface area (Å²) >= 11 is 3.36. The Balaban J connectivity index is 2.66. The Kier molecular flexibility index (Phi) is 5.53. The first-order valence-electron chi connectivity index (χ1n) is 5.68. The minimum Gasteiger partial charge on any atom is -0.348 e. The quantitative estimate of drug-likeness (QED) is 0.825. The van der Waals surface area contributed by atoms with Crippen LogP contribution in [0.4, 0.5) is 0 Å². The van der Waals surface area contributed by atoms with Crippen LogP contribution in [0.15, 0.2) is 30.3 Å². The summed E-state index contributed by atoms with van der Waals surface area (Å²) in [5.41, 5.74) is 1.16. The molecule has 0 radical (unpaired) electrons. The highest BCUT2D eigenvalue weighted by Crippen LogP contribution is 2.17. The van der Waals surface area contributed by atoms with Gasteiger partial charge in [-0.3, -0.25) is 4.79 Å². The molecule has 0 aromatic heterocycles. The number of alkyl halides is 1. The second-order valence-electron chi connectivity index (χ2n) is 3.76. The average molecular weight is 284 g/mol. The third-order valence-corrected chi connectivity index (χ3v) is 3.63. The molecule has 1 N–H and O–H groups in total. The summed E-state index contributed by atoms with van der Waals surface area (Å²) < 4.78 is 0. The van der Waals surface area contributed by atoms with Crippen LogP contribution in [0.1, 0.15) is 38.3 Å². The maximum atomic E-state index is 11.8. The molecule has 0 spiro atoms. The molecule has 1 aromatic rings. The van der Waals surface area contributed by atoms with Crippen LogP contribution in [0.3, 0.4) is 0 Å². The van der Waals surface area contributed by atoms with Crippen LogP contribution in [0.5, 0.6) is 0 Å². The molecule has 3 heteroatoms. The smallest absolute Gasteiger partial charge is 0.234 e. The lowest BCUT2D eigenvalue weighted by Crippen LogP contribution is -2.33. The Morgan fingerprint density at radius 3 is 2.38 bits per heavy atom. The lowest BCUT2D eigenvalue weighted by atomic mass is 10.0. The summed E-state index contributed by atoms with van der Waals surface area (Å²) in [5, 5.41) is 3.05. The monoisotopic (exact) mass is 283 g/mol. The standard InChI is InChI=1S/C13H18BrNO/c1-3-11(14)13(16)15-12(4-2)10-8-6-5-7-9-10/h5-9,11-12H,3-4H2,1-2H3,(H,15,16)/t11-,12-/m1/s1. The molecule has 1 amide bonds. The van der Waals surface area contributed by atoms with E-state index in [1.165, 1.54) is 0 Å². The number of carbonyl (C=O) groups is 1. The van der Waals surface area contributed by atoms with Crippen molar-refractivity contribution in [3.63, 3.8) is 0 Å². The van der Waals surface area contributed by atoms with Gasteiger partial charge in [-0.05, 0) is 18.4 Å². The number of hydrogen-bond donors (Lipinski definition) is 1. The van der Waals surface area contributed by atoms with Crippen molar-refractivity contribution in [3.05, 3.63) is 35.9 Å². The van der Waals surface area contributed by atoms with E-state index in [2.05, 4.69) is 28.2 Å². The summed E-state index contributed by atoms with van der Waals surface area (Å²) in [4.78, 5) is 11.7. The second kappa shape index (κ2) is 6.69. The molecule has 88 valence electrons. The fourth-order valence-corrected chi connectivity index (χ4v) is 1.69. The first-order chi connectivity index (χ1) is 7.69. The van der Waals surface area contributed by atoms with Gasteiger partial charge in [0.05, 0.1) is 10.9 Å². The lowest BCUT2D eigenvalue weighted by molar-refractivity contribution is -0.121. The van der Waals surface area contributed by atoms with Gasteiger partial charge in [-0.2, -0.15) is 0 Å². The molecule has 1 rings (SSSR count). The summed E-state index contributed by atoms with van der Waals surface area (Å²) in [6.07, 6.45) is 1.70. The number of amides is 1. The molecular formula is C13H18BrNO. The lowest BCUT2D eigenvalue weighted by Gasteiger charge is -2.19. The molecule has 0 unspecified atom stereocenters. The van der Waals surface area contributed by atoms with E-state index in [-0.39, 0.29) is 16.8 Å². The van der Waals surface area contributed by atoms with Gasteiger partial charge < -0.3 is 5.32 Å². The van der Waals surface area contributed by atoms with Gasteiger partial charge in [-0.25, -0.2) is 0 Å². The van der Waals surface area contributed by atoms with Crippen molar-refractivity contribution in [1.82, 2.24) is 5.32 Å². The van der Waals surface area contributed by atoms with E-state index in [0.29, 0.717) is 0 Å². The van der Waals surface area contributed by atoms with Crippen LogP contribution >= 0.6 is 15.9 Å². The van der Waals surface area contributed by atoms with E-state index < -0.39 is 0 Å². The van der Waals surface area contributed by atoms with Gasteiger partial charge in [-0.1, -0.05) is 60.1 Å². The molecule has 0 aliphatic carbocycles. The Labute approximate surface area is 106 Å². The van der Waals surface area contributed by atoms with E-state index in [1.54, 1.807) is 0 Å². The molecule has 1 aromatic carbocycles. The van der Waals surface area contributed by atoms with Gasteiger partial charge in [0, 0.05) is 0 Å². The first kappa shape index (κ1) is 13.2. The SMILES string of the molecule is CC[C@@H](Br)C(=O)N[C@H](CC)c1ccccc1. The van der Waals surface area contributed by atoms with Crippen LogP contribution in [0.25, 0.3) is 0 Å². The predicted octanol–water partition coefficient (Wildman–Crippen LogP) is 3.43. The zero-order valence-electron chi connectivity index (χ0n) is 9.74. The van der Waals surface area contributed by atoms with Crippen LogP contribution in [0.2, 0.25) is 0 Å². The van der Waals surface area contributed by atoms with Crippen molar-refractivity contribution in [2.75, 3.05) is 0 Å². The molecule has 2 atom stereocenters. The van der Waals surface area contributed by atoms with Crippen LogP contribution < -0.4 is 5.32 Å². The van der Waals surface area contributed by atoms with Crippen LogP contribution in [-0.4, -0.2) is 10.7 Å². The van der Waals surface area contributed by atoms with Crippen molar-refractivity contribution in [3.8, 4) is 0 Å². The minimum atomic E-state index is -0.0923. The average Bonchev–Trinajstić information content (AvgIpc) is 2.35. The van der Waals surface area contributed by atoms with E-state index in [0.717, 1.165) is 18.4 Å². The van der Waals surface area contributed by atoms with Crippen LogP contribution in [0, 0.1) is 0 Å². The van der Waals surface area contributed by atoms with Crippen molar-refractivity contribution in [2.24, 2.45) is 0 Å². The zero-order chi connectivity index (χ0) is 12.0. The Morgan fingerprint density at radius 1 is 1.25 bits per heavy atom. The molecule has 2 nitrogen and oxygen atoms in total. The third kappa shape index (κ3) is 3.63. The first-order valence-corrected chi connectivity index (χ1v) is 6.60. The second-order valence-corrected chi connectivity index (χ2v) is 4.86. The molecule has 0 saturated heterocycles. The van der Waals surface area contributed by atoms with Gasteiger partial charge in [-0.15, -0.1) is 0 Å². The van der Waals surface area contributed by atoms with Gasteiger partial charge in [0.2, 0.25) is 5.91 Å². The van der Waals surface area contributed by atoms with Gasteiger partial charge >= 0.3 is 0 Å². The van der Waals surface area contributed by atoms with Gasteiger partial charge in [0.15, 0.2) is 0 Å². The Morgan fingerprint density at radius 2 is 1.88 bits per heavy atom. The Bertz CT molecular complexity index is 326. The molecule has 16 heavy (non-hydrogen) atoms. The highest BCUT2D eigenvalue weighted by atomic mass is 79.9. The number of carbonyl (C=O) groups excluding carboxylic acids is 1. The largest absolute Gasteiger partial charge is 0.348 e. The number of rotatable bonds is 5. The van der Waals surface area contributed by atoms with Gasteiger partial charge in [0.1, 0.15) is 0 Å². The van der Waals surface area contributed by atoms with Crippen molar-refractivity contribution in [1.29, 1.82) is 0 Å². The molecule has 0 aliphatic rings. The third-order valence-electron chi connectivity index (χ3n) is 2.57. The maximum Gasteiger partial charge on any atom is 0.234 e. The zero-order valence-corrected chi connectivity index (χ0v) is 11.3. The van der Waals surface area contributed by atoms with Crippen molar-refractivity contribution >= 4 is 21.8 Å². The number of nitrogens with one attached hydrogen (secondary N) is 1. The van der Waals surface area contributed by atoms with Crippen molar-refractivity contribution in [2.45, 2.75) is 37.6 Å². The summed E-state index contributed by atoms with van der Waals surface area (Å²) in [7, 11) is 0. The number of benzene rings is 1. The molecule has 0 aliphatic heterocycles. The molecule has 0 saturated carbocycles. The molecular weight excluding hydrogens is 266 g/mol. The predicted molar refractivity (Wildman–Crippen MR) is 70.6 cm³/mol. The van der Waals surface area contributed by atoms with Crippen LogP contribution in [-0.2, 0) is 4.79 Å². The van der Waals surface area contributed by atoms with E-state index in [1.807, 2.05) is 37.3 Å². The topological polar surface area (TPSA) is 29.1 Å². The number of halogens is 1. The molecule has 0 fully saturated rings. The molecule has 0 bridgehead atoms. The van der Waals surface area contributed by atoms with E-state index >= 15 is 0 Å². The fourth-order valence-electron chi connectivity index (χ4n) is 1.55. The highest BCUT2D eigenvalue weighted by molar-refractivity contribution is 9.10. The Hall–Kier alpha value is -0.830. The summed E-state index contributed by atoms with van der Waals surface area (Å²) in [5.74, 6) is 0.0678. The maximum absolute atomic E-state index is 11.8. The summed E-state index contributed by atoms with van der Waals surface area (Å²) in [6, 6.07) is 10.2. The molecule has 0 heterocycles. The highest BCUT2D eigenvalue weighted by Gasteiger charge is 2.17. The minimum absolute atomic E-state index is 0.0678.